The molecule has 1 atom stereocenters. The van der Waals surface area contributed by atoms with Crippen molar-refractivity contribution in [3.05, 3.63) is 34.6 Å². The molecule has 1 aliphatic carbocycles. The van der Waals surface area contributed by atoms with E-state index in [1.165, 1.54) is 6.07 Å². The molecule has 74 valence electrons. The third-order valence-corrected chi connectivity index (χ3v) is 2.61. The Bertz CT molecular complexity index is 403. The zero-order chi connectivity index (χ0) is 10.3. The molecule has 0 heterocycles. The molecule has 0 bridgehead atoms. The number of fused-ring (bicyclic) bond motifs is 1. The Kier molecular flexibility index (Phi) is 2.00. The van der Waals surface area contributed by atoms with Crippen molar-refractivity contribution >= 4 is 5.97 Å². The minimum atomic E-state index is -1.23. The SMILES string of the molecule is N[C@H]1CCc2c1ccc(C(=O)O)c2F. The first kappa shape index (κ1) is 9.15. The van der Waals surface area contributed by atoms with E-state index in [4.69, 9.17) is 10.8 Å². The monoisotopic (exact) mass is 195 g/mol. The van der Waals surface area contributed by atoms with Gasteiger partial charge >= 0.3 is 5.97 Å². The summed E-state index contributed by atoms with van der Waals surface area (Å²) in [5.41, 5.74) is 6.67. The van der Waals surface area contributed by atoms with Crippen molar-refractivity contribution in [1.82, 2.24) is 0 Å². The highest BCUT2D eigenvalue weighted by atomic mass is 19.1. The van der Waals surface area contributed by atoms with Crippen molar-refractivity contribution < 1.29 is 14.3 Å². The molecule has 0 aliphatic heterocycles. The molecule has 0 unspecified atom stereocenters. The number of halogens is 1. The van der Waals surface area contributed by atoms with Gasteiger partial charge in [0, 0.05) is 6.04 Å². The van der Waals surface area contributed by atoms with Gasteiger partial charge in [-0.25, -0.2) is 9.18 Å². The summed E-state index contributed by atoms with van der Waals surface area (Å²) in [5, 5.41) is 8.69. The lowest BCUT2D eigenvalue weighted by molar-refractivity contribution is 0.0691. The van der Waals surface area contributed by atoms with Crippen LogP contribution < -0.4 is 5.73 Å². The van der Waals surface area contributed by atoms with Crippen molar-refractivity contribution in [2.75, 3.05) is 0 Å². The van der Waals surface area contributed by atoms with Gasteiger partial charge in [0.05, 0.1) is 5.56 Å². The van der Waals surface area contributed by atoms with Crippen LogP contribution in [0.1, 0.15) is 33.9 Å². The number of hydrogen-bond acceptors (Lipinski definition) is 2. The predicted octanol–water partition coefficient (Wildman–Crippen LogP) is 1.47. The second kappa shape index (κ2) is 3.06. The van der Waals surface area contributed by atoms with Crippen LogP contribution in [0.2, 0.25) is 0 Å². The van der Waals surface area contributed by atoms with E-state index in [9.17, 15) is 9.18 Å². The lowest BCUT2D eigenvalue weighted by Crippen LogP contribution is -2.07. The summed E-state index contributed by atoms with van der Waals surface area (Å²) in [6.07, 6.45) is 1.22. The number of benzene rings is 1. The van der Waals surface area contributed by atoms with Crippen LogP contribution in [0.4, 0.5) is 4.39 Å². The fourth-order valence-corrected chi connectivity index (χ4v) is 1.86. The number of rotatable bonds is 1. The zero-order valence-corrected chi connectivity index (χ0v) is 7.46. The van der Waals surface area contributed by atoms with Crippen molar-refractivity contribution in [3.8, 4) is 0 Å². The van der Waals surface area contributed by atoms with Crippen LogP contribution in [0.3, 0.4) is 0 Å². The van der Waals surface area contributed by atoms with E-state index in [2.05, 4.69) is 0 Å². The summed E-state index contributed by atoms with van der Waals surface area (Å²) in [6.45, 7) is 0. The van der Waals surface area contributed by atoms with Gasteiger partial charge in [-0.3, -0.25) is 0 Å². The number of carbonyl (C=O) groups is 1. The van der Waals surface area contributed by atoms with Crippen LogP contribution in [-0.2, 0) is 6.42 Å². The van der Waals surface area contributed by atoms with Gasteiger partial charge in [0.25, 0.3) is 0 Å². The molecule has 0 aromatic heterocycles. The van der Waals surface area contributed by atoms with Gasteiger partial charge in [-0.2, -0.15) is 0 Å². The van der Waals surface area contributed by atoms with Gasteiger partial charge in [-0.05, 0) is 30.0 Å². The van der Waals surface area contributed by atoms with Crippen molar-refractivity contribution in [3.63, 3.8) is 0 Å². The molecule has 1 aromatic rings. The summed E-state index contributed by atoms with van der Waals surface area (Å²) in [5.74, 6) is -1.85. The molecule has 0 saturated carbocycles. The van der Waals surface area contributed by atoms with E-state index in [1.807, 2.05) is 0 Å². The van der Waals surface area contributed by atoms with Crippen molar-refractivity contribution in [2.24, 2.45) is 5.73 Å². The Hall–Kier alpha value is -1.42. The average molecular weight is 195 g/mol. The molecule has 0 amide bonds. The number of hydrogen-bond donors (Lipinski definition) is 2. The minimum absolute atomic E-state index is 0.151. The van der Waals surface area contributed by atoms with Gasteiger partial charge in [-0.15, -0.1) is 0 Å². The molecule has 3 N–H and O–H groups in total. The lowest BCUT2D eigenvalue weighted by Gasteiger charge is -2.06. The fourth-order valence-electron chi connectivity index (χ4n) is 1.86. The second-order valence-electron chi connectivity index (χ2n) is 3.45. The highest BCUT2D eigenvalue weighted by Gasteiger charge is 2.25. The van der Waals surface area contributed by atoms with Crippen LogP contribution in [0.5, 0.6) is 0 Å². The molecule has 0 saturated heterocycles. The first-order chi connectivity index (χ1) is 6.61. The first-order valence-electron chi connectivity index (χ1n) is 4.41. The van der Waals surface area contributed by atoms with Crippen LogP contribution in [0.25, 0.3) is 0 Å². The van der Waals surface area contributed by atoms with Gasteiger partial charge < -0.3 is 10.8 Å². The quantitative estimate of drug-likeness (QED) is 0.713. The van der Waals surface area contributed by atoms with Crippen LogP contribution in [0.15, 0.2) is 12.1 Å². The maximum atomic E-state index is 13.6. The van der Waals surface area contributed by atoms with Gasteiger partial charge in [-0.1, -0.05) is 6.07 Å². The standard InChI is InChI=1S/C10H10FNO2/c11-9-6-3-4-8(12)5(6)1-2-7(9)10(13)14/h1-2,8H,3-4,12H2,(H,13,14)/t8-/m0/s1. The molecule has 3 nitrogen and oxygen atoms in total. The molecule has 2 rings (SSSR count). The highest BCUT2D eigenvalue weighted by Crippen LogP contribution is 2.32. The van der Waals surface area contributed by atoms with Crippen molar-refractivity contribution in [1.29, 1.82) is 0 Å². The van der Waals surface area contributed by atoms with Crippen LogP contribution >= 0.6 is 0 Å². The normalized spacial score (nSPS) is 19.4. The Labute approximate surface area is 80.3 Å². The Balaban J connectivity index is 2.58. The zero-order valence-electron chi connectivity index (χ0n) is 7.46. The Morgan fingerprint density at radius 3 is 2.93 bits per heavy atom. The van der Waals surface area contributed by atoms with E-state index < -0.39 is 11.8 Å². The van der Waals surface area contributed by atoms with Crippen molar-refractivity contribution in [2.45, 2.75) is 18.9 Å². The molecule has 0 fully saturated rings. The summed E-state index contributed by atoms with van der Waals surface area (Å²) in [4.78, 5) is 10.6. The lowest BCUT2D eigenvalue weighted by atomic mass is 10.0. The minimum Gasteiger partial charge on any atom is -0.478 e. The second-order valence-corrected chi connectivity index (χ2v) is 3.45. The largest absolute Gasteiger partial charge is 0.478 e. The van der Waals surface area contributed by atoms with Crippen LogP contribution in [-0.4, -0.2) is 11.1 Å². The predicted molar refractivity (Wildman–Crippen MR) is 48.6 cm³/mol. The molecule has 4 heteroatoms. The Morgan fingerprint density at radius 2 is 2.29 bits per heavy atom. The Morgan fingerprint density at radius 1 is 1.57 bits per heavy atom. The number of carboxylic acid groups (broad SMARTS) is 1. The number of carboxylic acids is 1. The maximum Gasteiger partial charge on any atom is 0.338 e. The summed E-state index contributed by atoms with van der Waals surface area (Å²) in [6, 6.07) is 2.74. The summed E-state index contributed by atoms with van der Waals surface area (Å²) < 4.78 is 13.6. The van der Waals surface area contributed by atoms with E-state index in [1.54, 1.807) is 6.07 Å². The highest BCUT2D eigenvalue weighted by molar-refractivity contribution is 5.88. The van der Waals surface area contributed by atoms with Gasteiger partial charge in [0.15, 0.2) is 0 Å². The summed E-state index contributed by atoms with van der Waals surface area (Å²) in [7, 11) is 0. The van der Waals surface area contributed by atoms with Gasteiger partial charge in [0.2, 0.25) is 0 Å². The smallest absolute Gasteiger partial charge is 0.338 e. The maximum absolute atomic E-state index is 13.6. The average Bonchev–Trinajstić information content (AvgIpc) is 2.49. The van der Waals surface area contributed by atoms with E-state index in [-0.39, 0.29) is 11.6 Å². The molecule has 0 spiro atoms. The van der Waals surface area contributed by atoms with E-state index in [0.29, 0.717) is 18.4 Å². The summed E-state index contributed by atoms with van der Waals surface area (Å²) >= 11 is 0. The van der Waals surface area contributed by atoms with Crippen LogP contribution in [0, 0.1) is 5.82 Å². The topological polar surface area (TPSA) is 63.3 Å². The molecule has 14 heavy (non-hydrogen) atoms. The molecule has 0 radical (unpaired) electrons. The third kappa shape index (κ3) is 1.19. The molecular weight excluding hydrogens is 185 g/mol. The fraction of sp³-hybridized carbons (Fsp3) is 0.300. The van der Waals surface area contributed by atoms with E-state index in [0.717, 1.165) is 5.56 Å². The van der Waals surface area contributed by atoms with Gasteiger partial charge in [0.1, 0.15) is 5.82 Å². The van der Waals surface area contributed by atoms with E-state index >= 15 is 0 Å². The molecule has 1 aromatic carbocycles. The number of nitrogens with two attached hydrogens (primary N) is 1. The molecule has 1 aliphatic rings. The third-order valence-electron chi connectivity index (χ3n) is 2.61. The first-order valence-corrected chi connectivity index (χ1v) is 4.41. The molecular formula is C10H10FNO2. The number of aromatic carboxylic acids is 1.